The van der Waals surface area contributed by atoms with Gasteiger partial charge in [0.2, 0.25) is 5.91 Å². The van der Waals surface area contributed by atoms with Crippen molar-refractivity contribution in [2.75, 3.05) is 44.8 Å². The predicted molar refractivity (Wildman–Crippen MR) is 109 cm³/mol. The quantitative estimate of drug-likeness (QED) is 0.709. The number of hydrogen-bond donors (Lipinski definition) is 0. The third kappa shape index (κ3) is 5.33. The van der Waals surface area contributed by atoms with Gasteiger partial charge in [0, 0.05) is 20.1 Å². The van der Waals surface area contributed by atoms with Gasteiger partial charge in [0.15, 0.2) is 9.84 Å². The molecule has 1 saturated heterocycles. The van der Waals surface area contributed by atoms with E-state index in [0.717, 1.165) is 11.3 Å². The number of benzene rings is 2. The zero-order valence-electron chi connectivity index (χ0n) is 16.0. The van der Waals surface area contributed by atoms with Gasteiger partial charge < -0.3 is 9.64 Å². The standard InChI is InChI=1S/C21H26N2O4S/c1-22(12-15-27-19-10-6-3-7-11-19)21(24)20(18-8-4-2-5-9-18)23-13-16-28(25,26)17-14-23/h2-11,20H,12-17H2,1H3. The first-order valence-electron chi connectivity index (χ1n) is 9.38. The van der Waals surface area contributed by atoms with E-state index in [1.165, 1.54) is 0 Å². The number of likely N-dealkylation sites (N-methyl/N-ethyl adjacent to an activating group) is 1. The van der Waals surface area contributed by atoms with Crippen LogP contribution in [-0.4, -0.2) is 68.9 Å². The van der Waals surface area contributed by atoms with Gasteiger partial charge >= 0.3 is 0 Å². The highest BCUT2D eigenvalue weighted by Crippen LogP contribution is 2.25. The van der Waals surface area contributed by atoms with Gasteiger partial charge in [-0.15, -0.1) is 0 Å². The molecule has 0 spiro atoms. The summed E-state index contributed by atoms with van der Waals surface area (Å²) in [7, 11) is -1.25. The van der Waals surface area contributed by atoms with E-state index in [-0.39, 0.29) is 17.4 Å². The van der Waals surface area contributed by atoms with Gasteiger partial charge in [0.05, 0.1) is 18.1 Å². The topological polar surface area (TPSA) is 66.9 Å². The second-order valence-electron chi connectivity index (χ2n) is 6.92. The molecule has 6 nitrogen and oxygen atoms in total. The first-order chi connectivity index (χ1) is 13.5. The summed E-state index contributed by atoms with van der Waals surface area (Å²) in [5.41, 5.74) is 0.877. The molecule has 28 heavy (non-hydrogen) atoms. The first kappa shape index (κ1) is 20.4. The summed E-state index contributed by atoms with van der Waals surface area (Å²) in [5.74, 6) is 0.890. The maximum atomic E-state index is 13.2. The average Bonchev–Trinajstić information content (AvgIpc) is 2.71. The Labute approximate surface area is 166 Å². The number of sulfone groups is 1. The van der Waals surface area contributed by atoms with Crippen molar-refractivity contribution < 1.29 is 17.9 Å². The van der Waals surface area contributed by atoms with Crippen LogP contribution in [0.1, 0.15) is 11.6 Å². The van der Waals surface area contributed by atoms with Crippen molar-refractivity contribution in [3.63, 3.8) is 0 Å². The van der Waals surface area contributed by atoms with Crippen molar-refractivity contribution in [2.24, 2.45) is 0 Å². The molecule has 1 fully saturated rings. The minimum atomic E-state index is -3.01. The molecule has 0 N–H and O–H groups in total. The zero-order chi connectivity index (χ0) is 20.0. The zero-order valence-corrected chi connectivity index (χ0v) is 16.8. The van der Waals surface area contributed by atoms with Gasteiger partial charge in [-0.1, -0.05) is 48.5 Å². The van der Waals surface area contributed by atoms with Crippen LogP contribution in [0.4, 0.5) is 0 Å². The summed E-state index contributed by atoms with van der Waals surface area (Å²) in [4.78, 5) is 16.8. The lowest BCUT2D eigenvalue weighted by atomic mass is 10.0. The van der Waals surface area contributed by atoms with Crippen molar-refractivity contribution in [1.82, 2.24) is 9.80 Å². The van der Waals surface area contributed by atoms with Crippen LogP contribution in [-0.2, 0) is 14.6 Å². The Morgan fingerprint density at radius 2 is 1.61 bits per heavy atom. The van der Waals surface area contributed by atoms with Crippen molar-refractivity contribution in [1.29, 1.82) is 0 Å². The van der Waals surface area contributed by atoms with Gasteiger partial charge in [-0.25, -0.2) is 8.42 Å². The maximum Gasteiger partial charge on any atom is 0.244 e. The van der Waals surface area contributed by atoms with Gasteiger partial charge in [0.1, 0.15) is 18.4 Å². The fraction of sp³-hybridized carbons (Fsp3) is 0.381. The van der Waals surface area contributed by atoms with Crippen LogP contribution in [0.5, 0.6) is 5.75 Å². The highest BCUT2D eigenvalue weighted by Gasteiger charge is 2.33. The number of amides is 1. The second kappa shape index (κ2) is 9.21. The summed E-state index contributed by atoms with van der Waals surface area (Å²) in [5, 5.41) is 0. The Morgan fingerprint density at radius 1 is 1.04 bits per heavy atom. The monoisotopic (exact) mass is 402 g/mol. The maximum absolute atomic E-state index is 13.2. The van der Waals surface area contributed by atoms with Crippen molar-refractivity contribution in [2.45, 2.75) is 6.04 Å². The molecule has 1 atom stereocenters. The number of rotatable bonds is 7. The third-order valence-electron chi connectivity index (χ3n) is 4.91. The minimum Gasteiger partial charge on any atom is -0.492 e. The Morgan fingerprint density at radius 3 is 2.21 bits per heavy atom. The number of nitrogens with zero attached hydrogens (tertiary/aromatic N) is 2. The second-order valence-corrected chi connectivity index (χ2v) is 9.23. The van der Waals surface area contributed by atoms with Crippen LogP contribution in [0.15, 0.2) is 60.7 Å². The molecule has 7 heteroatoms. The van der Waals surface area contributed by atoms with Crippen LogP contribution < -0.4 is 4.74 Å². The molecule has 0 radical (unpaired) electrons. The van der Waals surface area contributed by atoms with Gasteiger partial charge in [-0.2, -0.15) is 0 Å². The molecule has 2 aromatic rings. The Bertz CT molecular complexity index is 858. The van der Waals surface area contributed by atoms with E-state index >= 15 is 0 Å². The molecule has 1 aliphatic rings. The van der Waals surface area contributed by atoms with Crippen molar-refractivity contribution in [3.8, 4) is 5.75 Å². The van der Waals surface area contributed by atoms with E-state index in [2.05, 4.69) is 0 Å². The molecule has 0 bridgehead atoms. The number of carbonyl (C=O) groups is 1. The molecule has 1 unspecified atom stereocenters. The number of para-hydroxylation sites is 1. The molecule has 0 saturated carbocycles. The van der Waals surface area contributed by atoms with Crippen molar-refractivity contribution in [3.05, 3.63) is 66.2 Å². The minimum absolute atomic E-state index is 0.0536. The van der Waals surface area contributed by atoms with Crippen LogP contribution in [0, 0.1) is 0 Å². The highest BCUT2D eigenvalue weighted by atomic mass is 32.2. The molecule has 0 aromatic heterocycles. The van der Waals surface area contributed by atoms with Crippen LogP contribution >= 0.6 is 0 Å². The predicted octanol–water partition coefficient (Wildman–Crippen LogP) is 2.00. The molecule has 2 aromatic carbocycles. The summed E-state index contributed by atoms with van der Waals surface area (Å²) in [6, 6.07) is 18.5. The largest absolute Gasteiger partial charge is 0.492 e. The lowest BCUT2D eigenvalue weighted by Crippen LogP contribution is -2.48. The molecule has 1 heterocycles. The molecule has 1 aliphatic heterocycles. The number of carbonyl (C=O) groups excluding carboxylic acids is 1. The average molecular weight is 403 g/mol. The van der Waals surface area contributed by atoms with Crippen LogP contribution in [0.2, 0.25) is 0 Å². The smallest absolute Gasteiger partial charge is 0.244 e. The Balaban J connectivity index is 1.67. The molecule has 3 rings (SSSR count). The fourth-order valence-electron chi connectivity index (χ4n) is 3.27. The lowest BCUT2D eigenvalue weighted by Gasteiger charge is -2.35. The summed E-state index contributed by atoms with van der Waals surface area (Å²) < 4.78 is 29.3. The first-order valence-corrected chi connectivity index (χ1v) is 11.2. The number of ether oxygens (including phenoxy) is 1. The third-order valence-corrected chi connectivity index (χ3v) is 6.52. The Hall–Kier alpha value is -2.38. The van der Waals surface area contributed by atoms with Gasteiger partial charge in [-0.05, 0) is 17.7 Å². The van der Waals surface area contributed by atoms with Crippen LogP contribution in [0.3, 0.4) is 0 Å². The highest BCUT2D eigenvalue weighted by molar-refractivity contribution is 7.91. The van der Waals surface area contributed by atoms with Gasteiger partial charge in [-0.3, -0.25) is 9.69 Å². The summed E-state index contributed by atoms with van der Waals surface area (Å²) >= 11 is 0. The SMILES string of the molecule is CN(CCOc1ccccc1)C(=O)C(c1ccccc1)N1CCS(=O)(=O)CC1. The van der Waals surface area contributed by atoms with E-state index in [0.29, 0.717) is 26.2 Å². The van der Waals surface area contributed by atoms with Gasteiger partial charge in [0.25, 0.3) is 0 Å². The summed E-state index contributed by atoms with van der Waals surface area (Å²) in [6.45, 7) is 1.56. The van der Waals surface area contributed by atoms with Crippen molar-refractivity contribution >= 4 is 15.7 Å². The number of hydrogen-bond acceptors (Lipinski definition) is 5. The fourth-order valence-corrected chi connectivity index (χ4v) is 4.50. The molecular formula is C21H26N2O4S. The van der Waals surface area contributed by atoms with E-state index in [4.69, 9.17) is 4.74 Å². The van der Waals surface area contributed by atoms with E-state index < -0.39 is 15.9 Å². The molecular weight excluding hydrogens is 376 g/mol. The summed E-state index contributed by atoms with van der Waals surface area (Å²) in [6.07, 6.45) is 0. The Kier molecular flexibility index (Phi) is 6.70. The molecule has 0 aliphatic carbocycles. The normalized spacial score (nSPS) is 17.6. The molecule has 1 amide bonds. The van der Waals surface area contributed by atoms with Crippen LogP contribution in [0.25, 0.3) is 0 Å². The molecule has 150 valence electrons. The van der Waals surface area contributed by atoms with E-state index in [9.17, 15) is 13.2 Å². The van der Waals surface area contributed by atoms with E-state index in [1.807, 2.05) is 65.6 Å². The lowest BCUT2D eigenvalue weighted by molar-refractivity contribution is -0.136. The van der Waals surface area contributed by atoms with E-state index in [1.54, 1.807) is 11.9 Å².